The molecule has 0 spiro atoms. The molecular formula is C23H26N2O5. The molecule has 0 saturated carbocycles. The third-order valence-electron chi connectivity index (χ3n) is 4.89. The van der Waals surface area contributed by atoms with Gasteiger partial charge in [-0.3, -0.25) is 14.5 Å². The summed E-state index contributed by atoms with van der Waals surface area (Å²) in [6, 6.07) is 12.8. The van der Waals surface area contributed by atoms with Gasteiger partial charge in [0.05, 0.1) is 19.8 Å². The molecule has 7 heteroatoms. The number of carbonyl (C=O) groups excluding carboxylic acids is 2. The number of anilines is 1. The van der Waals surface area contributed by atoms with Crippen molar-refractivity contribution in [3.63, 3.8) is 0 Å². The van der Waals surface area contributed by atoms with Gasteiger partial charge in [-0.1, -0.05) is 29.8 Å². The van der Waals surface area contributed by atoms with Crippen LogP contribution in [0.5, 0.6) is 11.5 Å². The summed E-state index contributed by atoms with van der Waals surface area (Å²) in [6.07, 6.45) is 0.568. The second-order valence-corrected chi connectivity index (χ2v) is 6.92. The monoisotopic (exact) mass is 410 g/mol. The highest BCUT2D eigenvalue weighted by atomic mass is 16.5. The minimum Gasteiger partial charge on any atom is -0.493 e. The Morgan fingerprint density at radius 3 is 2.23 bits per heavy atom. The zero-order valence-corrected chi connectivity index (χ0v) is 17.7. The van der Waals surface area contributed by atoms with Gasteiger partial charge >= 0.3 is 0 Å². The molecular weight excluding hydrogens is 384 g/mol. The van der Waals surface area contributed by atoms with Crippen molar-refractivity contribution in [1.29, 1.82) is 0 Å². The summed E-state index contributed by atoms with van der Waals surface area (Å²) in [5.74, 6) is 0.420. The lowest BCUT2D eigenvalue weighted by atomic mass is 10.0. The van der Waals surface area contributed by atoms with Crippen molar-refractivity contribution in [1.82, 2.24) is 4.90 Å². The predicted molar refractivity (Wildman–Crippen MR) is 114 cm³/mol. The van der Waals surface area contributed by atoms with Crippen LogP contribution >= 0.6 is 0 Å². The first-order valence-electron chi connectivity index (χ1n) is 9.65. The van der Waals surface area contributed by atoms with Crippen molar-refractivity contribution in [2.24, 2.45) is 0 Å². The normalized spacial score (nSPS) is 13.8. The van der Waals surface area contributed by atoms with Crippen molar-refractivity contribution in [2.75, 3.05) is 39.8 Å². The standard InChI is InChI=1S/C23H26N2O5/c1-15-6-8-16(9-7-15)20-21(23(27)25(22(20)26)12-5-13-28-2)24-17-10-11-18(29-3)19(14-17)30-4/h6-11,14,24H,5,12-13H2,1-4H3. The largest absolute Gasteiger partial charge is 0.493 e. The molecule has 1 aliphatic heterocycles. The Morgan fingerprint density at radius 2 is 1.60 bits per heavy atom. The van der Waals surface area contributed by atoms with Crippen LogP contribution in [0.25, 0.3) is 5.57 Å². The van der Waals surface area contributed by atoms with Gasteiger partial charge in [0.25, 0.3) is 11.8 Å². The summed E-state index contributed by atoms with van der Waals surface area (Å²) >= 11 is 0. The summed E-state index contributed by atoms with van der Waals surface area (Å²) in [6.45, 7) is 2.73. The van der Waals surface area contributed by atoms with Crippen LogP contribution in [0.15, 0.2) is 48.2 Å². The molecule has 1 aliphatic rings. The molecule has 1 heterocycles. The molecule has 0 radical (unpaired) electrons. The van der Waals surface area contributed by atoms with Crippen LogP contribution in [0.1, 0.15) is 17.5 Å². The number of methoxy groups -OCH3 is 3. The minimum atomic E-state index is -0.360. The van der Waals surface area contributed by atoms with E-state index >= 15 is 0 Å². The fourth-order valence-corrected chi connectivity index (χ4v) is 3.31. The number of hydrogen-bond donors (Lipinski definition) is 1. The van der Waals surface area contributed by atoms with E-state index in [4.69, 9.17) is 14.2 Å². The van der Waals surface area contributed by atoms with Crippen LogP contribution in [0.4, 0.5) is 5.69 Å². The molecule has 2 amide bonds. The number of aryl methyl sites for hydroxylation is 1. The molecule has 0 atom stereocenters. The lowest BCUT2D eigenvalue weighted by Crippen LogP contribution is -2.33. The maximum Gasteiger partial charge on any atom is 0.278 e. The molecule has 30 heavy (non-hydrogen) atoms. The van der Waals surface area contributed by atoms with E-state index in [-0.39, 0.29) is 24.1 Å². The second-order valence-electron chi connectivity index (χ2n) is 6.92. The summed E-state index contributed by atoms with van der Waals surface area (Å²) in [4.78, 5) is 27.5. The van der Waals surface area contributed by atoms with Crippen LogP contribution in [0.2, 0.25) is 0 Å². The number of nitrogens with zero attached hydrogens (tertiary/aromatic N) is 1. The van der Waals surface area contributed by atoms with Gasteiger partial charge in [0.1, 0.15) is 5.70 Å². The molecule has 3 rings (SSSR count). The van der Waals surface area contributed by atoms with Gasteiger partial charge in [0.2, 0.25) is 0 Å². The highest BCUT2D eigenvalue weighted by Gasteiger charge is 2.38. The number of ether oxygens (including phenoxy) is 3. The topological polar surface area (TPSA) is 77.1 Å². The molecule has 158 valence electrons. The molecule has 0 aliphatic carbocycles. The van der Waals surface area contributed by atoms with E-state index in [1.165, 1.54) is 4.90 Å². The van der Waals surface area contributed by atoms with Crippen molar-refractivity contribution >= 4 is 23.1 Å². The number of amides is 2. The average Bonchev–Trinajstić information content (AvgIpc) is 2.98. The molecule has 2 aromatic rings. The SMILES string of the molecule is COCCCN1C(=O)C(Nc2ccc(OC)c(OC)c2)=C(c2ccc(C)cc2)C1=O. The van der Waals surface area contributed by atoms with E-state index in [1.807, 2.05) is 31.2 Å². The number of nitrogens with one attached hydrogen (secondary N) is 1. The number of benzene rings is 2. The highest BCUT2D eigenvalue weighted by Crippen LogP contribution is 2.34. The molecule has 0 saturated heterocycles. The van der Waals surface area contributed by atoms with Gasteiger partial charge in [-0.25, -0.2) is 0 Å². The molecule has 0 aromatic heterocycles. The Bertz CT molecular complexity index is 966. The molecule has 0 bridgehead atoms. The molecule has 2 aromatic carbocycles. The molecule has 0 unspecified atom stereocenters. The molecule has 1 N–H and O–H groups in total. The Morgan fingerprint density at radius 1 is 0.900 bits per heavy atom. The van der Waals surface area contributed by atoms with Gasteiger partial charge in [-0.05, 0) is 31.0 Å². The molecule has 0 fully saturated rings. The first kappa shape index (κ1) is 21.4. The Hall–Kier alpha value is -3.32. The number of hydrogen-bond acceptors (Lipinski definition) is 6. The lowest BCUT2D eigenvalue weighted by molar-refractivity contribution is -0.136. The van der Waals surface area contributed by atoms with Gasteiger partial charge < -0.3 is 19.5 Å². The summed E-state index contributed by atoms with van der Waals surface area (Å²) in [5.41, 5.74) is 2.98. The van der Waals surface area contributed by atoms with Crippen LogP contribution in [-0.2, 0) is 14.3 Å². The fraction of sp³-hybridized carbons (Fsp3) is 0.304. The van der Waals surface area contributed by atoms with E-state index in [2.05, 4.69) is 5.32 Å². The van der Waals surface area contributed by atoms with E-state index in [0.29, 0.717) is 41.4 Å². The van der Waals surface area contributed by atoms with Gasteiger partial charge in [0.15, 0.2) is 11.5 Å². The van der Waals surface area contributed by atoms with Crippen LogP contribution in [0, 0.1) is 6.92 Å². The third kappa shape index (κ3) is 4.31. The van der Waals surface area contributed by atoms with Crippen molar-refractivity contribution in [3.8, 4) is 11.5 Å². The number of imide groups is 1. The van der Waals surface area contributed by atoms with E-state index in [9.17, 15) is 9.59 Å². The summed E-state index contributed by atoms with van der Waals surface area (Å²) in [7, 11) is 4.69. The Balaban J connectivity index is 2.00. The van der Waals surface area contributed by atoms with Crippen molar-refractivity contribution in [3.05, 3.63) is 59.3 Å². The van der Waals surface area contributed by atoms with Crippen molar-refractivity contribution in [2.45, 2.75) is 13.3 Å². The zero-order chi connectivity index (χ0) is 21.7. The van der Waals surface area contributed by atoms with Crippen LogP contribution in [0.3, 0.4) is 0 Å². The van der Waals surface area contributed by atoms with E-state index in [0.717, 1.165) is 5.56 Å². The lowest BCUT2D eigenvalue weighted by Gasteiger charge is -2.15. The number of carbonyl (C=O) groups is 2. The fourth-order valence-electron chi connectivity index (χ4n) is 3.31. The van der Waals surface area contributed by atoms with Gasteiger partial charge in [-0.15, -0.1) is 0 Å². The Labute approximate surface area is 176 Å². The predicted octanol–water partition coefficient (Wildman–Crippen LogP) is 3.24. The first-order chi connectivity index (χ1) is 14.5. The summed E-state index contributed by atoms with van der Waals surface area (Å²) in [5, 5.41) is 3.13. The maximum absolute atomic E-state index is 13.1. The zero-order valence-electron chi connectivity index (χ0n) is 17.7. The highest BCUT2D eigenvalue weighted by molar-refractivity contribution is 6.36. The molecule has 7 nitrogen and oxygen atoms in total. The average molecular weight is 410 g/mol. The van der Waals surface area contributed by atoms with Crippen LogP contribution in [-0.4, -0.2) is 51.2 Å². The Kier molecular flexibility index (Phi) is 6.74. The summed E-state index contributed by atoms with van der Waals surface area (Å²) < 4.78 is 15.7. The smallest absolute Gasteiger partial charge is 0.278 e. The van der Waals surface area contributed by atoms with Crippen molar-refractivity contribution < 1.29 is 23.8 Å². The van der Waals surface area contributed by atoms with E-state index in [1.54, 1.807) is 39.5 Å². The first-order valence-corrected chi connectivity index (χ1v) is 9.65. The van der Waals surface area contributed by atoms with Gasteiger partial charge in [0, 0.05) is 32.0 Å². The van der Waals surface area contributed by atoms with Crippen LogP contribution < -0.4 is 14.8 Å². The third-order valence-corrected chi connectivity index (χ3v) is 4.89. The quantitative estimate of drug-likeness (QED) is 0.505. The second kappa shape index (κ2) is 9.45. The number of rotatable bonds is 9. The van der Waals surface area contributed by atoms with Gasteiger partial charge in [-0.2, -0.15) is 0 Å². The minimum absolute atomic E-state index is 0.244. The van der Waals surface area contributed by atoms with E-state index < -0.39 is 0 Å². The maximum atomic E-state index is 13.1.